The highest BCUT2D eigenvalue weighted by Crippen LogP contribution is 2.29. The molecule has 2 aromatic carbocycles. The van der Waals surface area contributed by atoms with Crippen LogP contribution in [0.2, 0.25) is 5.02 Å². The standard InChI is InChI=1S/C22H23ClN2O2S/c1-14-6-8-16(9-7-14)21(20-5-4-12-28-20)24-15(2)22(26)25-18-13-17(23)10-11-19(18)27-3/h4-13,15,21,24H,1-3H3,(H,25,26)/t15-,21-/m0/s1. The molecule has 0 aliphatic heterocycles. The van der Waals surface area contributed by atoms with Gasteiger partial charge < -0.3 is 10.1 Å². The third-order valence-electron chi connectivity index (χ3n) is 4.47. The van der Waals surface area contributed by atoms with Crippen LogP contribution in [-0.2, 0) is 4.79 Å². The first-order valence-electron chi connectivity index (χ1n) is 8.98. The number of thiophene rings is 1. The molecule has 0 aliphatic carbocycles. The minimum Gasteiger partial charge on any atom is -0.495 e. The summed E-state index contributed by atoms with van der Waals surface area (Å²) in [5, 5.41) is 8.93. The fourth-order valence-corrected chi connectivity index (χ4v) is 3.89. The van der Waals surface area contributed by atoms with Crippen LogP contribution in [0.5, 0.6) is 5.75 Å². The molecule has 0 saturated carbocycles. The molecule has 0 radical (unpaired) electrons. The zero-order valence-electron chi connectivity index (χ0n) is 16.0. The fraction of sp³-hybridized carbons (Fsp3) is 0.227. The molecule has 146 valence electrons. The van der Waals surface area contributed by atoms with Gasteiger partial charge in [-0.2, -0.15) is 0 Å². The Morgan fingerprint density at radius 3 is 2.54 bits per heavy atom. The van der Waals surface area contributed by atoms with Gasteiger partial charge in [0.05, 0.1) is 24.9 Å². The number of benzene rings is 2. The first-order chi connectivity index (χ1) is 13.5. The van der Waals surface area contributed by atoms with Crippen LogP contribution in [0.3, 0.4) is 0 Å². The smallest absolute Gasteiger partial charge is 0.241 e. The maximum atomic E-state index is 12.8. The number of carbonyl (C=O) groups excluding carboxylic acids is 1. The predicted octanol–water partition coefficient (Wildman–Crippen LogP) is 5.42. The van der Waals surface area contributed by atoms with E-state index in [0.717, 1.165) is 10.4 Å². The number of rotatable bonds is 7. The molecular weight excluding hydrogens is 392 g/mol. The molecule has 1 amide bonds. The van der Waals surface area contributed by atoms with Crippen LogP contribution in [0, 0.1) is 6.92 Å². The summed E-state index contributed by atoms with van der Waals surface area (Å²) in [6.45, 7) is 3.91. The van der Waals surface area contributed by atoms with Crippen molar-refractivity contribution < 1.29 is 9.53 Å². The number of aryl methyl sites for hydroxylation is 1. The molecule has 1 aromatic heterocycles. The van der Waals surface area contributed by atoms with Gasteiger partial charge in [-0.25, -0.2) is 0 Å². The van der Waals surface area contributed by atoms with Crippen molar-refractivity contribution >= 4 is 34.5 Å². The van der Waals surface area contributed by atoms with Crippen LogP contribution in [0.15, 0.2) is 60.0 Å². The Labute approximate surface area is 174 Å². The van der Waals surface area contributed by atoms with Crippen molar-refractivity contribution in [1.82, 2.24) is 5.32 Å². The van der Waals surface area contributed by atoms with Crippen LogP contribution in [0.25, 0.3) is 0 Å². The summed E-state index contributed by atoms with van der Waals surface area (Å²) in [5.74, 6) is 0.410. The average molecular weight is 415 g/mol. The van der Waals surface area contributed by atoms with Gasteiger partial charge in [0.1, 0.15) is 5.75 Å². The number of hydrogen-bond donors (Lipinski definition) is 2. The van der Waals surface area contributed by atoms with Gasteiger partial charge in [-0.15, -0.1) is 11.3 Å². The molecule has 0 fully saturated rings. The normalized spacial score (nSPS) is 13.0. The van der Waals surface area contributed by atoms with E-state index in [1.54, 1.807) is 36.6 Å². The second-order valence-electron chi connectivity index (χ2n) is 6.58. The minimum atomic E-state index is -0.433. The summed E-state index contributed by atoms with van der Waals surface area (Å²) in [5.41, 5.74) is 2.87. The molecule has 0 spiro atoms. The fourth-order valence-electron chi connectivity index (χ4n) is 2.90. The molecular formula is C22H23ClN2O2S. The summed E-state index contributed by atoms with van der Waals surface area (Å²) in [6.07, 6.45) is 0. The molecule has 4 nitrogen and oxygen atoms in total. The molecule has 2 atom stereocenters. The Kier molecular flexibility index (Phi) is 6.73. The van der Waals surface area contributed by atoms with E-state index in [4.69, 9.17) is 16.3 Å². The third kappa shape index (κ3) is 4.93. The minimum absolute atomic E-state index is 0.0670. The van der Waals surface area contributed by atoms with Crippen molar-refractivity contribution in [3.8, 4) is 5.75 Å². The lowest BCUT2D eigenvalue weighted by Gasteiger charge is -2.23. The molecule has 3 aromatic rings. The molecule has 28 heavy (non-hydrogen) atoms. The number of ether oxygens (including phenoxy) is 1. The lowest BCUT2D eigenvalue weighted by atomic mass is 10.0. The average Bonchev–Trinajstić information content (AvgIpc) is 3.21. The predicted molar refractivity (Wildman–Crippen MR) is 117 cm³/mol. The molecule has 0 aliphatic rings. The van der Waals surface area contributed by atoms with Crippen molar-refractivity contribution in [3.05, 3.63) is 81.0 Å². The quantitative estimate of drug-likeness (QED) is 0.542. The van der Waals surface area contributed by atoms with Gasteiger partial charge in [-0.3, -0.25) is 10.1 Å². The molecule has 3 rings (SSSR count). The lowest BCUT2D eigenvalue weighted by Crippen LogP contribution is -2.40. The monoisotopic (exact) mass is 414 g/mol. The molecule has 6 heteroatoms. The van der Waals surface area contributed by atoms with Gasteiger partial charge in [0.15, 0.2) is 0 Å². The Bertz CT molecular complexity index is 926. The van der Waals surface area contributed by atoms with Crippen molar-refractivity contribution in [3.63, 3.8) is 0 Å². The van der Waals surface area contributed by atoms with Gasteiger partial charge in [0, 0.05) is 9.90 Å². The Hall–Kier alpha value is -2.34. The number of carbonyl (C=O) groups is 1. The number of methoxy groups -OCH3 is 1. The van der Waals surface area contributed by atoms with E-state index < -0.39 is 6.04 Å². The van der Waals surface area contributed by atoms with Crippen LogP contribution in [-0.4, -0.2) is 19.1 Å². The van der Waals surface area contributed by atoms with Gasteiger partial charge in [-0.05, 0) is 49.1 Å². The summed E-state index contributed by atoms with van der Waals surface area (Å²) < 4.78 is 5.31. The summed E-state index contributed by atoms with van der Waals surface area (Å²) in [6, 6.07) is 17.1. The number of nitrogens with one attached hydrogen (secondary N) is 2. The Morgan fingerprint density at radius 1 is 1.14 bits per heavy atom. The van der Waals surface area contributed by atoms with Crippen molar-refractivity contribution in [1.29, 1.82) is 0 Å². The van der Waals surface area contributed by atoms with Crippen LogP contribution < -0.4 is 15.4 Å². The molecule has 0 bridgehead atoms. The topological polar surface area (TPSA) is 50.4 Å². The molecule has 1 heterocycles. The maximum Gasteiger partial charge on any atom is 0.241 e. The Morgan fingerprint density at radius 2 is 1.89 bits per heavy atom. The SMILES string of the molecule is COc1ccc(Cl)cc1NC(=O)[C@H](C)N[C@@H](c1ccc(C)cc1)c1cccs1. The zero-order valence-corrected chi connectivity index (χ0v) is 17.6. The van der Waals surface area contributed by atoms with E-state index in [2.05, 4.69) is 47.9 Å². The molecule has 2 N–H and O–H groups in total. The highest BCUT2D eigenvalue weighted by Gasteiger charge is 2.22. The van der Waals surface area contributed by atoms with Gasteiger partial charge in [0.2, 0.25) is 5.91 Å². The first-order valence-corrected chi connectivity index (χ1v) is 10.2. The highest BCUT2D eigenvalue weighted by atomic mass is 35.5. The van der Waals surface area contributed by atoms with Gasteiger partial charge >= 0.3 is 0 Å². The number of anilines is 1. The Balaban J connectivity index is 1.78. The first kappa shape index (κ1) is 20.4. The zero-order chi connectivity index (χ0) is 20.1. The van der Waals surface area contributed by atoms with E-state index in [1.165, 1.54) is 5.56 Å². The molecule has 0 saturated heterocycles. The summed E-state index contributed by atoms with van der Waals surface area (Å²) in [7, 11) is 1.56. The summed E-state index contributed by atoms with van der Waals surface area (Å²) >= 11 is 7.72. The summed E-state index contributed by atoms with van der Waals surface area (Å²) in [4.78, 5) is 14.0. The third-order valence-corrected chi connectivity index (χ3v) is 5.64. The number of halogens is 1. The molecule has 0 unspecified atom stereocenters. The van der Waals surface area contributed by atoms with Crippen LogP contribution in [0.4, 0.5) is 5.69 Å². The van der Waals surface area contributed by atoms with Crippen molar-refractivity contribution in [2.24, 2.45) is 0 Å². The van der Waals surface area contributed by atoms with Crippen LogP contribution in [0.1, 0.15) is 29.0 Å². The van der Waals surface area contributed by atoms with E-state index in [1.807, 2.05) is 18.4 Å². The van der Waals surface area contributed by atoms with Gasteiger partial charge in [-0.1, -0.05) is 47.5 Å². The second kappa shape index (κ2) is 9.24. The largest absolute Gasteiger partial charge is 0.495 e. The van der Waals surface area contributed by atoms with Crippen molar-refractivity contribution in [2.45, 2.75) is 25.9 Å². The number of hydrogen-bond acceptors (Lipinski definition) is 4. The lowest BCUT2D eigenvalue weighted by molar-refractivity contribution is -0.117. The van der Waals surface area contributed by atoms with E-state index in [0.29, 0.717) is 16.5 Å². The van der Waals surface area contributed by atoms with E-state index in [9.17, 15) is 4.79 Å². The van der Waals surface area contributed by atoms with E-state index >= 15 is 0 Å². The maximum absolute atomic E-state index is 12.8. The van der Waals surface area contributed by atoms with Crippen LogP contribution >= 0.6 is 22.9 Å². The van der Waals surface area contributed by atoms with Gasteiger partial charge in [0.25, 0.3) is 0 Å². The van der Waals surface area contributed by atoms with Crippen molar-refractivity contribution in [2.75, 3.05) is 12.4 Å². The highest BCUT2D eigenvalue weighted by molar-refractivity contribution is 7.10. The van der Waals surface area contributed by atoms with E-state index in [-0.39, 0.29) is 11.9 Å². The number of amides is 1. The second-order valence-corrected chi connectivity index (χ2v) is 8.00.